The van der Waals surface area contributed by atoms with Crippen molar-refractivity contribution in [2.24, 2.45) is 0 Å². The number of nitrogens with one attached hydrogen (secondary N) is 2. The predicted molar refractivity (Wildman–Crippen MR) is 124 cm³/mol. The molecule has 1 saturated heterocycles. The van der Waals surface area contributed by atoms with Crippen LogP contribution in [0.3, 0.4) is 0 Å². The summed E-state index contributed by atoms with van der Waals surface area (Å²) >= 11 is 0. The molecule has 2 aromatic rings. The van der Waals surface area contributed by atoms with Crippen LogP contribution in [0.25, 0.3) is 10.9 Å². The standard InChI is InChI=1S/C10H9NO.C9H18N2O2.C5H11O/c12-6-5-8-7-11-10-4-2-1-3-9(8)10;1-9(2,3)13-8(12)11-6-4-10-5-7-11;1-2-3-4-5-6/h1-4,6-7,11H,5H2;10H,4-7H2,1-3H3;2-5H2,1H3. The number of ether oxygens (including phenoxy) is 1. The lowest BCUT2D eigenvalue weighted by molar-refractivity contribution is -0.107. The van der Waals surface area contributed by atoms with Crippen molar-refractivity contribution in [1.82, 2.24) is 15.2 Å². The van der Waals surface area contributed by atoms with E-state index in [2.05, 4.69) is 17.2 Å². The number of fused-ring (bicyclic) bond motifs is 1. The first kappa shape index (κ1) is 26.7. The van der Waals surface area contributed by atoms with Gasteiger partial charge >= 0.3 is 6.09 Å². The van der Waals surface area contributed by atoms with E-state index in [1.54, 1.807) is 4.90 Å². The highest BCUT2D eigenvalue weighted by Gasteiger charge is 2.22. The average molecular weight is 433 g/mol. The fourth-order valence-corrected chi connectivity index (χ4v) is 2.92. The van der Waals surface area contributed by atoms with Crippen molar-refractivity contribution in [3.63, 3.8) is 0 Å². The molecule has 173 valence electrons. The third-order valence-corrected chi connectivity index (χ3v) is 4.49. The number of carbonyl (C=O) groups is 2. The zero-order valence-electron chi connectivity index (χ0n) is 19.4. The molecule has 1 aliphatic rings. The van der Waals surface area contributed by atoms with Gasteiger partial charge in [-0.2, -0.15) is 0 Å². The number of aromatic nitrogens is 1. The SMILES string of the molecule is CC(C)(C)OC(=O)N1CCNCC1.CCCCC[O].O=CCc1c[nH]c2ccccc12. The summed E-state index contributed by atoms with van der Waals surface area (Å²) in [6.45, 7) is 11.1. The summed E-state index contributed by atoms with van der Waals surface area (Å²) in [6, 6.07) is 7.97. The third-order valence-electron chi connectivity index (χ3n) is 4.49. The van der Waals surface area contributed by atoms with Gasteiger partial charge in [0.15, 0.2) is 0 Å². The number of amides is 1. The topological polar surface area (TPSA) is 94.3 Å². The van der Waals surface area contributed by atoms with Crippen molar-refractivity contribution in [3.8, 4) is 0 Å². The highest BCUT2D eigenvalue weighted by atomic mass is 16.6. The quantitative estimate of drug-likeness (QED) is 0.543. The Morgan fingerprint density at radius 3 is 2.39 bits per heavy atom. The number of unbranched alkanes of at least 4 members (excludes halogenated alkanes) is 2. The van der Waals surface area contributed by atoms with E-state index in [0.29, 0.717) is 6.42 Å². The fourth-order valence-electron chi connectivity index (χ4n) is 2.92. The van der Waals surface area contributed by atoms with Crippen molar-refractivity contribution >= 4 is 23.3 Å². The average Bonchev–Trinajstić information content (AvgIpc) is 3.16. The van der Waals surface area contributed by atoms with Gasteiger partial charge < -0.3 is 24.7 Å². The molecule has 0 aliphatic carbocycles. The Balaban J connectivity index is 0.000000249. The van der Waals surface area contributed by atoms with Gasteiger partial charge in [-0.05, 0) is 38.8 Å². The van der Waals surface area contributed by atoms with Gasteiger partial charge in [0.25, 0.3) is 0 Å². The normalized spacial score (nSPS) is 13.5. The Labute approximate surface area is 186 Å². The van der Waals surface area contributed by atoms with Gasteiger partial charge in [-0.25, -0.2) is 9.90 Å². The highest BCUT2D eigenvalue weighted by Crippen LogP contribution is 2.17. The number of aromatic amines is 1. The van der Waals surface area contributed by atoms with E-state index in [4.69, 9.17) is 4.74 Å². The minimum absolute atomic E-state index is 0.105. The van der Waals surface area contributed by atoms with Crippen LogP contribution in [0.15, 0.2) is 30.5 Å². The number of rotatable bonds is 5. The van der Waals surface area contributed by atoms with E-state index >= 15 is 0 Å². The van der Waals surface area contributed by atoms with Crippen LogP contribution >= 0.6 is 0 Å². The van der Waals surface area contributed by atoms with Gasteiger partial charge in [-0.1, -0.05) is 38.0 Å². The van der Waals surface area contributed by atoms with Gasteiger partial charge in [-0.15, -0.1) is 0 Å². The molecule has 2 N–H and O–H groups in total. The second-order valence-electron chi connectivity index (χ2n) is 8.36. The van der Waals surface area contributed by atoms with Crippen LogP contribution in [0.1, 0.15) is 52.5 Å². The van der Waals surface area contributed by atoms with Crippen LogP contribution in [0, 0.1) is 0 Å². The fraction of sp³-hybridized carbons (Fsp3) is 0.583. The third kappa shape index (κ3) is 11.0. The molecule has 0 unspecified atom stereocenters. The minimum atomic E-state index is -0.387. The second kappa shape index (κ2) is 14.6. The van der Waals surface area contributed by atoms with Crippen molar-refractivity contribution in [3.05, 3.63) is 36.0 Å². The van der Waals surface area contributed by atoms with Crippen molar-refractivity contribution in [2.45, 2.75) is 59.0 Å². The zero-order valence-corrected chi connectivity index (χ0v) is 19.4. The summed E-state index contributed by atoms with van der Waals surface area (Å²) in [6.07, 6.45) is 6.22. The molecular weight excluding hydrogens is 394 g/mol. The highest BCUT2D eigenvalue weighted by molar-refractivity contribution is 5.84. The number of aldehydes is 1. The Bertz CT molecular complexity index is 758. The number of piperazine rings is 1. The Kier molecular flexibility index (Phi) is 12.5. The van der Waals surface area contributed by atoms with Crippen LogP contribution in [0.2, 0.25) is 0 Å². The lowest BCUT2D eigenvalue weighted by atomic mass is 10.1. The van der Waals surface area contributed by atoms with Crippen molar-refractivity contribution in [1.29, 1.82) is 0 Å². The number of carbonyl (C=O) groups excluding carboxylic acids is 2. The predicted octanol–water partition coefficient (Wildman–Crippen LogP) is 4.34. The van der Waals surface area contributed by atoms with Gasteiger partial charge in [0.05, 0.1) is 6.61 Å². The molecule has 3 rings (SSSR count). The number of para-hydroxylation sites is 1. The summed E-state index contributed by atoms with van der Waals surface area (Å²) < 4.78 is 5.24. The molecule has 1 aromatic heterocycles. The molecule has 1 fully saturated rings. The summed E-state index contributed by atoms with van der Waals surface area (Å²) in [7, 11) is 0. The second-order valence-corrected chi connectivity index (χ2v) is 8.36. The molecule has 1 amide bonds. The van der Waals surface area contributed by atoms with Crippen LogP contribution in [-0.2, 0) is 21.1 Å². The molecule has 31 heavy (non-hydrogen) atoms. The maximum atomic E-state index is 11.5. The monoisotopic (exact) mass is 432 g/mol. The molecule has 1 aliphatic heterocycles. The molecule has 1 aromatic carbocycles. The summed E-state index contributed by atoms with van der Waals surface area (Å²) in [5.41, 5.74) is 1.78. The van der Waals surface area contributed by atoms with Gasteiger partial charge in [-0.3, -0.25) is 0 Å². The molecule has 2 heterocycles. The lowest BCUT2D eigenvalue weighted by Crippen LogP contribution is -2.48. The molecule has 7 nitrogen and oxygen atoms in total. The number of hydrogen-bond acceptors (Lipinski definition) is 4. The molecular formula is C24H38N3O4. The number of nitrogens with zero attached hydrogens (tertiary/aromatic N) is 1. The lowest BCUT2D eigenvalue weighted by Gasteiger charge is -2.30. The van der Waals surface area contributed by atoms with Gasteiger partial charge in [0.1, 0.15) is 11.9 Å². The maximum absolute atomic E-state index is 11.5. The summed E-state index contributed by atoms with van der Waals surface area (Å²) in [4.78, 5) is 26.6. The van der Waals surface area contributed by atoms with Crippen LogP contribution in [-0.4, -0.2) is 60.7 Å². The first-order valence-corrected chi connectivity index (χ1v) is 11.1. The first-order chi connectivity index (χ1) is 14.8. The van der Waals surface area contributed by atoms with Crippen molar-refractivity contribution < 1.29 is 19.4 Å². The number of hydrogen-bond donors (Lipinski definition) is 2. The molecule has 1 radical (unpaired) electrons. The molecule has 0 saturated carbocycles. The van der Waals surface area contributed by atoms with E-state index in [9.17, 15) is 14.7 Å². The van der Waals surface area contributed by atoms with Crippen LogP contribution in [0.4, 0.5) is 4.79 Å². The Morgan fingerprint density at radius 2 is 1.84 bits per heavy atom. The zero-order chi connectivity index (χ0) is 23.1. The Morgan fingerprint density at radius 1 is 1.16 bits per heavy atom. The molecule has 0 spiro atoms. The summed E-state index contributed by atoms with van der Waals surface area (Å²) in [5, 5.41) is 14.0. The van der Waals surface area contributed by atoms with Crippen LogP contribution < -0.4 is 5.32 Å². The first-order valence-electron chi connectivity index (χ1n) is 11.1. The summed E-state index contributed by atoms with van der Waals surface area (Å²) in [5.74, 6) is 0. The molecule has 7 heteroatoms. The molecule has 0 atom stereocenters. The Hall–Kier alpha value is -2.38. The van der Waals surface area contributed by atoms with E-state index in [-0.39, 0.29) is 18.3 Å². The van der Waals surface area contributed by atoms with E-state index in [1.807, 2.05) is 51.2 Å². The van der Waals surface area contributed by atoms with E-state index in [1.165, 1.54) is 0 Å². The molecule has 0 bridgehead atoms. The van der Waals surface area contributed by atoms with Crippen molar-refractivity contribution in [2.75, 3.05) is 32.8 Å². The number of H-pyrrole nitrogens is 1. The minimum Gasteiger partial charge on any atom is -0.444 e. The largest absolute Gasteiger partial charge is 0.444 e. The maximum Gasteiger partial charge on any atom is 0.410 e. The van der Waals surface area contributed by atoms with Crippen LogP contribution in [0.5, 0.6) is 0 Å². The number of benzene rings is 1. The van der Waals surface area contributed by atoms with Gasteiger partial charge in [0, 0.05) is 49.7 Å². The van der Waals surface area contributed by atoms with E-state index in [0.717, 1.165) is 68.2 Å². The van der Waals surface area contributed by atoms with E-state index < -0.39 is 0 Å². The van der Waals surface area contributed by atoms with Gasteiger partial charge in [0.2, 0.25) is 0 Å². The smallest absolute Gasteiger partial charge is 0.410 e.